The van der Waals surface area contributed by atoms with Crippen LogP contribution < -0.4 is 9.44 Å². The van der Waals surface area contributed by atoms with Crippen molar-refractivity contribution in [3.63, 3.8) is 0 Å². The number of aromatic nitrogens is 1. The lowest BCUT2D eigenvalue weighted by atomic mass is 10.5. The highest BCUT2D eigenvalue weighted by Crippen LogP contribution is 2.13. The van der Waals surface area contributed by atoms with Crippen molar-refractivity contribution >= 4 is 32.0 Å². The maximum absolute atomic E-state index is 11.2. The van der Waals surface area contributed by atoms with Crippen molar-refractivity contribution in [2.24, 2.45) is 0 Å². The van der Waals surface area contributed by atoms with E-state index in [2.05, 4.69) is 30.4 Å². The number of anilines is 1. The Hall–Kier alpha value is -0.660. The van der Waals surface area contributed by atoms with Gasteiger partial charge in [0.1, 0.15) is 5.82 Å². The second-order valence-electron chi connectivity index (χ2n) is 2.46. The Kier molecular flexibility index (Phi) is 3.85. The highest BCUT2D eigenvalue weighted by atomic mass is 79.9. The minimum atomic E-state index is -3.48. The summed E-state index contributed by atoms with van der Waals surface area (Å²) in [5.74, 6) is 0.278. The molecule has 0 saturated heterocycles. The zero-order chi connectivity index (χ0) is 10.6. The highest BCUT2D eigenvalue weighted by Gasteiger charge is 2.08. The van der Waals surface area contributed by atoms with E-state index in [1.807, 2.05) is 0 Å². The van der Waals surface area contributed by atoms with E-state index in [9.17, 15) is 8.42 Å². The number of hydrogen-bond donors (Lipinski definition) is 2. The standard InChI is InChI=1S/C7H10BrN3O2S/c1-2-10-14(12,13)11-7-5-6(8)3-4-9-7/h3-5,10H,2H2,1H3,(H,9,11). The number of nitrogens with zero attached hydrogens (tertiary/aromatic N) is 1. The maximum Gasteiger partial charge on any atom is 0.300 e. The van der Waals surface area contributed by atoms with Gasteiger partial charge in [-0.2, -0.15) is 13.1 Å². The summed E-state index contributed by atoms with van der Waals surface area (Å²) >= 11 is 3.21. The zero-order valence-electron chi connectivity index (χ0n) is 7.49. The number of nitrogens with one attached hydrogen (secondary N) is 2. The lowest BCUT2D eigenvalue weighted by molar-refractivity contribution is 0.589. The molecule has 0 aliphatic heterocycles. The van der Waals surface area contributed by atoms with Gasteiger partial charge in [-0.15, -0.1) is 0 Å². The fourth-order valence-electron chi connectivity index (χ4n) is 0.824. The molecule has 0 aliphatic rings. The third kappa shape index (κ3) is 3.60. The normalized spacial score (nSPS) is 11.3. The molecular weight excluding hydrogens is 270 g/mol. The van der Waals surface area contributed by atoms with Crippen LogP contribution in [0.2, 0.25) is 0 Å². The van der Waals surface area contributed by atoms with Gasteiger partial charge in [0.2, 0.25) is 0 Å². The predicted molar refractivity (Wildman–Crippen MR) is 58.2 cm³/mol. The first-order chi connectivity index (χ1) is 6.53. The average Bonchev–Trinajstić information content (AvgIpc) is 2.02. The van der Waals surface area contributed by atoms with Gasteiger partial charge in [-0.1, -0.05) is 22.9 Å². The Morgan fingerprint density at radius 1 is 1.57 bits per heavy atom. The molecule has 5 nitrogen and oxygen atoms in total. The Morgan fingerprint density at radius 3 is 2.86 bits per heavy atom. The maximum atomic E-state index is 11.2. The van der Waals surface area contributed by atoms with Gasteiger partial charge in [-0.05, 0) is 12.1 Å². The van der Waals surface area contributed by atoms with Gasteiger partial charge in [0.25, 0.3) is 10.2 Å². The molecule has 0 radical (unpaired) electrons. The molecule has 0 spiro atoms. The van der Waals surface area contributed by atoms with E-state index in [0.29, 0.717) is 6.54 Å². The van der Waals surface area contributed by atoms with Crippen molar-refractivity contribution in [2.75, 3.05) is 11.3 Å². The first-order valence-corrected chi connectivity index (χ1v) is 6.20. The van der Waals surface area contributed by atoms with Crippen LogP contribution in [0, 0.1) is 0 Å². The summed E-state index contributed by atoms with van der Waals surface area (Å²) in [6, 6.07) is 3.29. The second-order valence-corrected chi connectivity index (χ2v) is 4.88. The smallest absolute Gasteiger partial charge is 0.255 e. The third-order valence-corrected chi connectivity index (χ3v) is 2.94. The lowest BCUT2D eigenvalue weighted by Gasteiger charge is -2.06. The fourth-order valence-corrected chi connectivity index (χ4v) is 2.00. The second kappa shape index (κ2) is 4.72. The van der Waals surface area contributed by atoms with E-state index in [-0.39, 0.29) is 5.82 Å². The van der Waals surface area contributed by atoms with Crippen LogP contribution in [-0.2, 0) is 10.2 Å². The van der Waals surface area contributed by atoms with Gasteiger partial charge in [0, 0.05) is 17.2 Å². The molecule has 14 heavy (non-hydrogen) atoms. The molecule has 0 fully saturated rings. The molecule has 1 rings (SSSR count). The van der Waals surface area contributed by atoms with E-state index in [4.69, 9.17) is 0 Å². The first kappa shape index (κ1) is 11.4. The van der Waals surface area contributed by atoms with E-state index in [0.717, 1.165) is 4.47 Å². The Bertz CT molecular complexity index is 407. The number of pyridine rings is 1. The van der Waals surface area contributed by atoms with Crippen LogP contribution in [0.25, 0.3) is 0 Å². The number of rotatable bonds is 4. The minimum Gasteiger partial charge on any atom is -0.255 e. The molecule has 0 amide bonds. The molecule has 78 valence electrons. The topological polar surface area (TPSA) is 71.1 Å². The third-order valence-electron chi connectivity index (χ3n) is 1.30. The monoisotopic (exact) mass is 279 g/mol. The molecule has 1 aromatic rings. The van der Waals surface area contributed by atoms with Crippen molar-refractivity contribution in [2.45, 2.75) is 6.92 Å². The summed E-state index contributed by atoms with van der Waals surface area (Å²) in [7, 11) is -3.48. The van der Waals surface area contributed by atoms with Crippen LogP contribution in [0.15, 0.2) is 22.8 Å². The van der Waals surface area contributed by atoms with Crippen LogP contribution in [0.3, 0.4) is 0 Å². The van der Waals surface area contributed by atoms with Crippen LogP contribution in [0.5, 0.6) is 0 Å². The molecule has 1 aromatic heterocycles. The van der Waals surface area contributed by atoms with Crippen LogP contribution in [0.1, 0.15) is 6.92 Å². The molecule has 2 N–H and O–H groups in total. The van der Waals surface area contributed by atoms with Gasteiger partial charge in [-0.3, -0.25) is 4.72 Å². The van der Waals surface area contributed by atoms with Crippen molar-refractivity contribution in [1.29, 1.82) is 0 Å². The summed E-state index contributed by atoms with van der Waals surface area (Å²) in [6.07, 6.45) is 1.51. The Balaban J connectivity index is 2.79. The molecular formula is C7H10BrN3O2S. The lowest BCUT2D eigenvalue weighted by Crippen LogP contribution is -2.30. The van der Waals surface area contributed by atoms with Gasteiger partial charge in [0.15, 0.2) is 0 Å². The largest absolute Gasteiger partial charge is 0.300 e. The highest BCUT2D eigenvalue weighted by molar-refractivity contribution is 9.10. The summed E-state index contributed by atoms with van der Waals surface area (Å²) in [4.78, 5) is 3.85. The molecule has 1 heterocycles. The van der Waals surface area contributed by atoms with E-state index in [1.165, 1.54) is 6.20 Å². The molecule has 0 atom stereocenters. The Morgan fingerprint density at radius 2 is 2.29 bits per heavy atom. The molecule has 0 unspecified atom stereocenters. The van der Waals surface area contributed by atoms with Crippen molar-refractivity contribution in [1.82, 2.24) is 9.71 Å². The van der Waals surface area contributed by atoms with Crippen LogP contribution in [-0.4, -0.2) is 19.9 Å². The van der Waals surface area contributed by atoms with Crippen molar-refractivity contribution in [3.8, 4) is 0 Å². The van der Waals surface area contributed by atoms with Crippen molar-refractivity contribution in [3.05, 3.63) is 22.8 Å². The number of hydrogen-bond acceptors (Lipinski definition) is 3. The van der Waals surface area contributed by atoms with E-state index in [1.54, 1.807) is 19.1 Å². The van der Waals surface area contributed by atoms with E-state index < -0.39 is 10.2 Å². The number of halogens is 1. The Labute approximate surface area is 91.2 Å². The quantitative estimate of drug-likeness (QED) is 0.868. The van der Waals surface area contributed by atoms with Crippen LogP contribution in [0.4, 0.5) is 5.82 Å². The summed E-state index contributed by atoms with van der Waals surface area (Å²) in [6.45, 7) is 2.04. The minimum absolute atomic E-state index is 0.278. The molecule has 7 heteroatoms. The van der Waals surface area contributed by atoms with Gasteiger partial charge in [-0.25, -0.2) is 4.98 Å². The summed E-state index contributed by atoms with van der Waals surface area (Å²) < 4.78 is 27.8. The van der Waals surface area contributed by atoms with E-state index >= 15 is 0 Å². The van der Waals surface area contributed by atoms with Crippen molar-refractivity contribution < 1.29 is 8.42 Å². The fraction of sp³-hybridized carbons (Fsp3) is 0.286. The summed E-state index contributed by atoms with van der Waals surface area (Å²) in [5, 5.41) is 0. The SMILES string of the molecule is CCNS(=O)(=O)Nc1cc(Br)ccn1. The van der Waals surface area contributed by atoms with Gasteiger partial charge >= 0.3 is 0 Å². The van der Waals surface area contributed by atoms with Crippen LogP contribution >= 0.6 is 15.9 Å². The molecule has 0 bridgehead atoms. The average molecular weight is 280 g/mol. The van der Waals surface area contributed by atoms with Gasteiger partial charge < -0.3 is 0 Å². The molecule has 0 saturated carbocycles. The first-order valence-electron chi connectivity index (χ1n) is 3.92. The predicted octanol–water partition coefficient (Wildman–Crippen LogP) is 1.11. The summed E-state index contributed by atoms with van der Waals surface area (Å²) in [5.41, 5.74) is 0. The zero-order valence-corrected chi connectivity index (χ0v) is 9.89. The van der Waals surface area contributed by atoms with Gasteiger partial charge in [0.05, 0.1) is 0 Å². The molecule has 0 aliphatic carbocycles. The molecule has 0 aromatic carbocycles.